The van der Waals surface area contributed by atoms with Gasteiger partial charge in [-0.15, -0.1) is 0 Å². The number of hydrogen-bond acceptors (Lipinski definition) is 3. The molecule has 1 aliphatic heterocycles. The van der Waals surface area contributed by atoms with E-state index in [4.69, 9.17) is 5.73 Å². The van der Waals surface area contributed by atoms with Crippen LogP contribution >= 0.6 is 15.9 Å². The van der Waals surface area contributed by atoms with E-state index in [0.29, 0.717) is 5.96 Å². The summed E-state index contributed by atoms with van der Waals surface area (Å²) in [6.45, 7) is 2.83. The summed E-state index contributed by atoms with van der Waals surface area (Å²) in [6, 6.07) is 6.67. The average Bonchev–Trinajstić information content (AvgIpc) is 2.53. The number of nitrogens with zero attached hydrogens (tertiary/aromatic N) is 2. The highest BCUT2D eigenvalue weighted by Crippen LogP contribution is 2.27. The molecule has 0 bridgehead atoms. The van der Waals surface area contributed by atoms with E-state index in [2.05, 4.69) is 46.0 Å². The molecule has 0 fully saturated rings. The van der Waals surface area contributed by atoms with Crippen LogP contribution in [0.25, 0.3) is 0 Å². The van der Waals surface area contributed by atoms with E-state index in [9.17, 15) is 0 Å². The van der Waals surface area contributed by atoms with E-state index in [-0.39, 0.29) is 6.04 Å². The van der Waals surface area contributed by atoms with Gasteiger partial charge in [0.15, 0.2) is 5.96 Å². The van der Waals surface area contributed by atoms with Crippen LogP contribution in [-0.2, 0) is 0 Å². The number of rotatable bonds is 1. The Morgan fingerprint density at radius 2 is 2.27 bits per heavy atom. The van der Waals surface area contributed by atoms with Gasteiger partial charge in [-0.2, -0.15) is 0 Å². The minimum atomic E-state index is 0.280. The molecule has 15 heavy (non-hydrogen) atoms. The fourth-order valence-electron chi connectivity index (χ4n) is 1.72. The molecular weight excluding hydrogens is 254 g/mol. The zero-order valence-electron chi connectivity index (χ0n) is 8.87. The highest BCUT2D eigenvalue weighted by Gasteiger charge is 2.23. The molecule has 0 amide bonds. The summed E-state index contributed by atoms with van der Waals surface area (Å²) in [5, 5.41) is 0. The van der Waals surface area contributed by atoms with Gasteiger partial charge in [-0.1, -0.05) is 28.1 Å². The topological polar surface area (TPSA) is 41.6 Å². The SMILES string of the molecule is Cc1ccc(C2CN=C(N)N2C)cc1Br. The minimum absolute atomic E-state index is 0.280. The van der Waals surface area contributed by atoms with Crippen LogP contribution in [0, 0.1) is 6.92 Å². The van der Waals surface area contributed by atoms with Crippen molar-refractivity contribution >= 4 is 21.9 Å². The third-order valence-corrected chi connectivity index (χ3v) is 3.69. The number of halogens is 1. The highest BCUT2D eigenvalue weighted by molar-refractivity contribution is 9.10. The van der Waals surface area contributed by atoms with Crippen LogP contribution in [0.15, 0.2) is 27.7 Å². The second-order valence-electron chi connectivity index (χ2n) is 3.83. The van der Waals surface area contributed by atoms with E-state index in [0.717, 1.165) is 11.0 Å². The van der Waals surface area contributed by atoms with Crippen molar-refractivity contribution in [3.05, 3.63) is 33.8 Å². The van der Waals surface area contributed by atoms with Crippen molar-refractivity contribution in [1.82, 2.24) is 4.90 Å². The fraction of sp³-hybridized carbons (Fsp3) is 0.364. The molecule has 2 rings (SSSR count). The van der Waals surface area contributed by atoms with E-state index in [1.54, 1.807) is 0 Å². The third-order valence-electron chi connectivity index (χ3n) is 2.84. The number of likely N-dealkylation sites (N-methyl/N-ethyl adjacent to an activating group) is 1. The third kappa shape index (κ3) is 1.86. The van der Waals surface area contributed by atoms with E-state index < -0.39 is 0 Å². The average molecular weight is 268 g/mol. The Morgan fingerprint density at radius 3 is 2.80 bits per heavy atom. The zero-order valence-corrected chi connectivity index (χ0v) is 10.5. The van der Waals surface area contributed by atoms with Crippen LogP contribution in [0.5, 0.6) is 0 Å². The first-order valence-corrected chi connectivity index (χ1v) is 5.67. The molecule has 80 valence electrons. The highest BCUT2D eigenvalue weighted by atomic mass is 79.9. The Bertz CT molecular complexity index is 414. The number of aliphatic imine (C=N–C) groups is 1. The van der Waals surface area contributed by atoms with Gasteiger partial charge >= 0.3 is 0 Å². The van der Waals surface area contributed by atoms with Crippen molar-refractivity contribution in [2.45, 2.75) is 13.0 Å². The molecule has 1 aromatic carbocycles. The normalized spacial score (nSPS) is 20.6. The van der Waals surface area contributed by atoms with Gasteiger partial charge in [-0.05, 0) is 24.1 Å². The molecule has 0 spiro atoms. The predicted molar refractivity (Wildman–Crippen MR) is 65.9 cm³/mol. The van der Waals surface area contributed by atoms with Gasteiger partial charge in [0.1, 0.15) is 0 Å². The van der Waals surface area contributed by atoms with E-state index in [1.165, 1.54) is 11.1 Å². The molecule has 3 nitrogen and oxygen atoms in total. The molecule has 0 saturated heterocycles. The first-order chi connectivity index (χ1) is 7.09. The van der Waals surface area contributed by atoms with Crippen LogP contribution in [0.4, 0.5) is 0 Å². The predicted octanol–water partition coefficient (Wildman–Crippen LogP) is 2.06. The molecule has 4 heteroatoms. The lowest BCUT2D eigenvalue weighted by Gasteiger charge is -2.22. The van der Waals surface area contributed by atoms with Gasteiger partial charge in [-0.25, -0.2) is 0 Å². The molecule has 1 unspecified atom stereocenters. The lowest BCUT2D eigenvalue weighted by Crippen LogP contribution is -2.32. The van der Waals surface area contributed by atoms with Crippen LogP contribution in [0.3, 0.4) is 0 Å². The van der Waals surface area contributed by atoms with Gasteiger partial charge < -0.3 is 10.6 Å². The lowest BCUT2D eigenvalue weighted by atomic mass is 10.1. The van der Waals surface area contributed by atoms with Crippen molar-refractivity contribution in [2.75, 3.05) is 13.6 Å². The maximum atomic E-state index is 5.74. The Labute approximate surface area is 98.1 Å². The maximum absolute atomic E-state index is 5.74. The first-order valence-electron chi connectivity index (χ1n) is 4.88. The number of nitrogens with two attached hydrogens (primary N) is 1. The summed E-state index contributed by atoms with van der Waals surface area (Å²) in [6.07, 6.45) is 0. The summed E-state index contributed by atoms with van der Waals surface area (Å²) in [4.78, 5) is 6.24. The minimum Gasteiger partial charge on any atom is -0.370 e. The quantitative estimate of drug-likeness (QED) is 0.847. The lowest BCUT2D eigenvalue weighted by molar-refractivity contribution is 0.414. The van der Waals surface area contributed by atoms with Crippen molar-refractivity contribution < 1.29 is 0 Å². The van der Waals surface area contributed by atoms with Gasteiger partial charge in [-0.3, -0.25) is 4.99 Å². The van der Waals surface area contributed by atoms with Gasteiger partial charge in [0.25, 0.3) is 0 Å². The van der Waals surface area contributed by atoms with E-state index in [1.807, 2.05) is 11.9 Å². The molecule has 2 N–H and O–H groups in total. The van der Waals surface area contributed by atoms with Gasteiger partial charge in [0.2, 0.25) is 0 Å². The van der Waals surface area contributed by atoms with Crippen molar-refractivity contribution in [2.24, 2.45) is 10.7 Å². The smallest absolute Gasteiger partial charge is 0.191 e. The largest absolute Gasteiger partial charge is 0.370 e. The standard InChI is InChI=1S/C11H14BrN3/c1-7-3-4-8(5-9(7)12)10-6-14-11(13)15(10)2/h3-5,10H,6H2,1-2H3,(H2,13,14). The summed E-state index contributed by atoms with van der Waals surface area (Å²) < 4.78 is 1.14. The number of hydrogen-bond donors (Lipinski definition) is 1. The molecule has 1 aliphatic rings. The summed E-state index contributed by atoms with van der Waals surface area (Å²) in [5.74, 6) is 0.622. The number of guanidine groups is 1. The summed E-state index contributed by atoms with van der Waals surface area (Å²) in [7, 11) is 1.98. The Morgan fingerprint density at radius 1 is 1.53 bits per heavy atom. The molecule has 1 aromatic rings. The fourth-order valence-corrected chi connectivity index (χ4v) is 2.12. The first kappa shape index (κ1) is 10.5. The Hall–Kier alpha value is -1.03. The van der Waals surface area contributed by atoms with Gasteiger partial charge in [0.05, 0.1) is 12.6 Å². The van der Waals surface area contributed by atoms with Crippen LogP contribution < -0.4 is 5.73 Å². The molecule has 0 aliphatic carbocycles. The molecule has 1 heterocycles. The molecule has 0 aromatic heterocycles. The summed E-state index contributed by atoms with van der Waals surface area (Å²) >= 11 is 3.54. The van der Waals surface area contributed by atoms with Crippen molar-refractivity contribution in [3.63, 3.8) is 0 Å². The number of aryl methyl sites for hydroxylation is 1. The number of benzene rings is 1. The second-order valence-corrected chi connectivity index (χ2v) is 4.69. The van der Waals surface area contributed by atoms with Crippen molar-refractivity contribution in [3.8, 4) is 0 Å². The zero-order chi connectivity index (χ0) is 11.0. The van der Waals surface area contributed by atoms with Gasteiger partial charge in [0, 0.05) is 11.5 Å². The molecule has 0 saturated carbocycles. The summed E-state index contributed by atoms with van der Waals surface area (Å²) in [5.41, 5.74) is 8.23. The van der Waals surface area contributed by atoms with Crippen LogP contribution in [0.1, 0.15) is 17.2 Å². The Kier molecular flexibility index (Phi) is 2.69. The maximum Gasteiger partial charge on any atom is 0.191 e. The Balaban J connectivity index is 2.28. The molecule has 1 atom stereocenters. The molecule has 0 radical (unpaired) electrons. The monoisotopic (exact) mass is 267 g/mol. The van der Waals surface area contributed by atoms with Crippen LogP contribution in [-0.4, -0.2) is 24.5 Å². The van der Waals surface area contributed by atoms with Crippen molar-refractivity contribution in [1.29, 1.82) is 0 Å². The van der Waals surface area contributed by atoms with E-state index >= 15 is 0 Å². The van der Waals surface area contributed by atoms with Crippen LogP contribution in [0.2, 0.25) is 0 Å². The second kappa shape index (κ2) is 3.85. The molecular formula is C11H14BrN3.